The highest BCUT2D eigenvalue weighted by Gasteiger charge is 2.27. The standard InChI is InChI=1S/C15H20ClN5O/c16-13-11-15(21-14(18-13)1-4-17-21)20-5-2-12(3-6-20)19-7-9-22-10-8-19/h1,4,11-12H,2-3,5-10H2. The van der Waals surface area contributed by atoms with Crippen molar-refractivity contribution < 1.29 is 4.74 Å². The summed E-state index contributed by atoms with van der Waals surface area (Å²) < 4.78 is 7.32. The van der Waals surface area contributed by atoms with E-state index in [4.69, 9.17) is 16.3 Å². The van der Waals surface area contributed by atoms with Crippen LogP contribution in [0.25, 0.3) is 5.65 Å². The fourth-order valence-electron chi connectivity index (χ4n) is 3.49. The monoisotopic (exact) mass is 321 g/mol. The molecule has 0 amide bonds. The lowest BCUT2D eigenvalue weighted by molar-refractivity contribution is 0.0114. The highest BCUT2D eigenvalue weighted by molar-refractivity contribution is 6.29. The Labute approximate surface area is 134 Å². The van der Waals surface area contributed by atoms with Gasteiger partial charge in [0.15, 0.2) is 5.65 Å². The van der Waals surface area contributed by atoms with E-state index in [-0.39, 0.29) is 0 Å². The van der Waals surface area contributed by atoms with Gasteiger partial charge in [0.25, 0.3) is 0 Å². The van der Waals surface area contributed by atoms with Crippen LogP contribution in [0.2, 0.25) is 5.15 Å². The summed E-state index contributed by atoms with van der Waals surface area (Å²) in [5.41, 5.74) is 0.804. The molecule has 0 atom stereocenters. The molecule has 2 saturated heterocycles. The Hall–Kier alpha value is -1.37. The van der Waals surface area contributed by atoms with E-state index in [0.29, 0.717) is 11.2 Å². The molecule has 6 nitrogen and oxygen atoms in total. The third kappa shape index (κ3) is 2.66. The number of ether oxygens (including phenoxy) is 1. The first-order chi connectivity index (χ1) is 10.8. The molecule has 4 heterocycles. The van der Waals surface area contributed by atoms with Gasteiger partial charge in [-0.2, -0.15) is 9.61 Å². The number of piperidine rings is 1. The minimum atomic E-state index is 0.526. The Morgan fingerprint density at radius 2 is 1.91 bits per heavy atom. The van der Waals surface area contributed by atoms with Crippen LogP contribution in [0.3, 0.4) is 0 Å². The van der Waals surface area contributed by atoms with Crippen LogP contribution in [0.15, 0.2) is 18.3 Å². The topological polar surface area (TPSA) is 45.9 Å². The van der Waals surface area contributed by atoms with Crippen LogP contribution in [-0.4, -0.2) is 64.9 Å². The molecule has 2 aliphatic heterocycles. The van der Waals surface area contributed by atoms with Crippen molar-refractivity contribution >= 4 is 23.1 Å². The lowest BCUT2D eigenvalue weighted by Crippen LogP contribution is -2.49. The van der Waals surface area contributed by atoms with Gasteiger partial charge >= 0.3 is 0 Å². The van der Waals surface area contributed by atoms with E-state index in [1.165, 1.54) is 12.8 Å². The van der Waals surface area contributed by atoms with Gasteiger partial charge in [0.2, 0.25) is 0 Å². The first-order valence-corrected chi connectivity index (χ1v) is 8.26. The van der Waals surface area contributed by atoms with Crippen molar-refractivity contribution in [1.82, 2.24) is 19.5 Å². The second-order valence-corrected chi connectivity index (χ2v) is 6.29. The second-order valence-electron chi connectivity index (χ2n) is 5.90. The van der Waals surface area contributed by atoms with Gasteiger partial charge < -0.3 is 9.64 Å². The number of hydrogen-bond donors (Lipinski definition) is 0. The smallest absolute Gasteiger partial charge is 0.159 e. The molecular formula is C15H20ClN5O. The number of aromatic nitrogens is 3. The molecule has 0 radical (unpaired) electrons. The van der Waals surface area contributed by atoms with E-state index in [1.54, 1.807) is 6.20 Å². The number of nitrogens with zero attached hydrogens (tertiary/aromatic N) is 5. The first-order valence-electron chi connectivity index (χ1n) is 7.88. The highest BCUT2D eigenvalue weighted by Crippen LogP contribution is 2.25. The van der Waals surface area contributed by atoms with E-state index >= 15 is 0 Å². The summed E-state index contributed by atoms with van der Waals surface area (Å²) in [6.45, 7) is 5.92. The Balaban J connectivity index is 1.49. The Morgan fingerprint density at radius 1 is 1.14 bits per heavy atom. The second kappa shape index (κ2) is 6.02. The van der Waals surface area contributed by atoms with Gasteiger partial charge in [-0.15, -0.1) is 0 Å². The molecule has 0 spiro atoms. The maximum atomic E-state index is 6.15. The lowest BCUT2D eigenvalue weighted by Gasteiger charge is -2.40. The quantitative estimate of drug-likeness (QED) is 0.788. The Morgan fingerprint density at radius 3 is 2.68 bits per heavy atom. The van der Waals surface area contributed by atoms with E-state index in [9.17, 15) is 0 Å². The van der Waals surface area contributed by atoms with Gasteiger partial charge in [-0.3, -0.25) is 4.90 Å². The van der Waals surface area contributed by atoms with Gasteiger partial charge in [0, 0.05) is 44.4 Å². The van der Waals surface area contributed by atoms with Crippen molar-refractivity contribution in [2.75, 3.05) is 44.3 Å². The van der Waals surface area contributed by atoms with E-state index in [0.717, 1.165) is 50.9 Å². The maximum Gasteiger partial charge on any atom is 0.159 e. The SMILES string of the molecule is Clc1cc(N2CCC(N3CCOCC3)CC2)n2nccc2n1. The first kappa shape index (κ1) is 14.2. The van der Waals surface area contributed by atoms with E-state index < -0.39 is 0 Å². The van der Waals surface area contributed by atoms with Crippen LogP contribution in [0, 0.1) is 0 Å². The predicted molar refractivity (Wildman–Crippen MR) is 85.6 cm³/mol. The van der Waals surface area contributed by atoms with Gasteiger partial charge in [-0.25, -0.2) is 4.98 Å². The minimum absolute atomic E-state index is 0.526. The largest absolute Gasteiger partial charge is 0.379 e. The van der Waals surface area contributed by atoms with Crippen molar-refractivity contribution in [3.8, 4) is 0 Å². The van der Waals surface area contributed by atoms with Crippen LogP contribution in [0.4, 0.5) is 5.82 Å². The zero-order valence-corrected chi connectivity index (χ0v) is 13.2. The van der Waals surface area contributed by atoms with Gasteiger partial charge in [-0.1, -0.05) is 11.6 Å². The molecule has 2 aromatic heterocycles. The Bertz CT molecular complexity index is 646. The summed E-state index contributed by atoms with van der Waals surface area (Å²) in [4.78, 5) is 9.24. The fourth-order valence-corrected chi connectivity index (χ4v) is 3.68. The maximum absolute atomic E-state index is 6.15. The van der Waals surface area contributed by atoms with Gasteiger partial charge in [-0.05, 0) is 12.8 Å². The molecule has 0 saturated carbocycles. The fraction of sp³-hybridized carbons (Fsp3) is 0.600. The summed E-state index contributed by atoms with van der Waals surface area (Å²) in [5.74, 6) is 1.04. The molecule has 0 unspecified atom stereocenters. The van der Waals surface area contributed by atoms with Gasteiger partial charge in [0.1, 0.15) is 11.0 Å². The number of fused-ring (bicyclic) bond motifs is 1. The molecule has 0 N–H and O–H groups in total. The van der Waals surface area contributed by atoms with Crippen molar-refractivity contribution in [2.45, 2.75) is 18.9 Å². The average Bonchev–Trinajstić information content (AvgIpc) is 3.03. The van der Waals surface area contributed by atoms with Crippen LogP contribution < -0.4 is 4.90 Å². The van der Waals surface area contributed by atoms with Crippen molar-refractivity contribution in [1.29, 1.82) is 0 Å². The van der Waals surface area contributed by atoms with Crippen LogP contribution in [-0.2, 0) is 4.74 Å². The summed E-state index contributed by atoms with van der Waals surface area (Å²) >= 11 is 6.15. The highest BCUT2D eigenvalue weighted by atomic mass is 35.5. The zero-order valence-electron chi connectivity index (χ0n) is 12.5. The molecule has 0 aromatic carbocycles. The number of halogens is 1. The van der Waals surface area contributed by atoms with Crippen LogP contribution in [0.5, 0.6) is 0 Å². The molecule has 2 aliphatic rings. The molecule has 2 aromatic rings. The summed E-state index contributed by atoms with van der Waals surface area (Å²) in [6, 6.07) is 4.47. The normalized spacial score (nSPS) is 21.6. The van der Waals surface area contributed by atoms with Crippen molar-refractivity contribution in [3.63, 3.8) is 0 Å². The molecule has 7 heteroatoms. The van der Waals surface area contributed by atoms with Crippen molar-refractivity contribution in [3.05, 3.63) is 23.5 Å². The third-order valence-corrected chi connectivity index (χ3v) is 4.85. The lowest BCUT2D eigenvalue weighted by atomic mass is 10.0. The molecule has 22 heavy (non-hydrogen) atoms. The molecule has 0 aliphatic carbocycles. The zero-order chi connectivity index (χ0) is 14.9. The summed E-state index contributed by atoms with van der Waals surface area (Å²) in [5, 5.41) is 4.90. The van der Waals surface area contributed by atoms with E-state index in [1.807, 2.05) is 16.6 Å². The molecular weight excluding hydrogens is 302 g/mol. The molecule has 4 rings (SSSR count). The summed E-state index contributed by atoms with van der Waals surface area (Å²) in [6.07, 6.45) is 4.11. The third-order valence-electron chi connectivity index (χ3n) is 4.66. The Kier molecular flexibility index (Phi) is 3.90. The minimum Gasteiger partial charge on any atom is -0.379 e. The van der Waals surface area contributed by atoms with Crippen LogP contribution in [0.1, 0.15) is 12.8 Å². The average molecular weight is 322 g/mol. The van der Waals surface area contributed by atoms with Crippen molar-refractivity contribution in [2.24, 2.45) is 0 Å². The van der Waals surface area contributed by atoms with Crippen LogP contribution >= 0.6 is 11.6 Å². The summed E-state index contributed by atoms with van der Waals surface area (Å²) in [7, 11) is 0. The number of rotatable bonds is 2. The molecule has 0 bridgehead atoms. The van der Waals surface area contributed by atoms with Gasteiger partial charge in [0.05, 0.1) is 19.4 Å². The number of hydrogen-bond acceptors (Lipinski definition) is 5. The van der Waals surface area contributed by atoms with E-state index in [2.05, 4.69) is 19.9 Å². The number of morpholine rings is 1. The number of anilines is 1. The predicted octanol–water partition coefficient (Wildman–Crippen LogP) is 1.68. The molecule has 118 valence electrons. The molecule has 2 fully saturated rings.